The van der Waals surface area contributed by atoms with Crippen LogP contribution in [0.5, 0.6) is 0 Å². The summed E-state index contributed by atoms with van der Waals surface area (Å²) in [5.74, 6) is -0.747. The molecule has 1 aromatic carbocycles. The largest absolute Gasteiger partial charge is 0.277 e. The zero-order chi connectivity index (χ0) is 14.0. The Labute approximate surface area is 118 Å². The van der Waals surface area contributed by atoms with E-state index in [0.717, 1.165) is 24.5 Å². The number of benzene rings is 1. The minimum absolute atomic E-state index is 0.0899. The number of halogens is 3. The van der Waals surface area contributed by atoms with E-state index in [2.05, 4.69) is 14.7 Å². The summed E-state index contributed by atoms with van der Waals surface area (Å²) in [6.07, 6.45) is 2.03. The van der Waals surface area contributed by atoms with E-state index in [1.807, 2.05) is 0 Å². The summed E-state index contributed by atoms with van der Waals surface area (Å²) in [4.78, 5) is 6.85. The Morgan fingerprint density at radius 2 is 1.79 bits per heavy atom. The molecule has 2 rings (SSSR count). The normalized spacial score (nSPS) is 11.3. The molecule has 0 bridgehead atoms. The molecule has 2 aromatic rings. The number of hydrogen-bond donors (Lipinski definition) is 1. The third-order valence-corrected chi connectivity index (χ3v) is 3.83. The lowest BCUT2D eigenvalue weighted by Crippen LogP contribution is -2.14. The number of hydrogen-bond acceptors (Lipinski definition) is 4. The van der Waals surface area contributed by atoms with Gasteiger partial charge in [-0.2, -0.15) is 0 Å². The number of aromatic nitrogens is 2. The van der Waals surface area contributed by atoms with E-state index in [4.69, 9.17) is 23.2 Å². The van der Waals surface area contributed by atoms with Gasteiger partial charge in [0.05, 0.1) is 18.1 Å². The van der Waals surface area contributed by atoms with Gasteiger partial charge in [0.1, 0.15) is 10.7 Å². The van der Waals surface area contributed by atoms with E-state index >= 15 is 0 Å². The first-order valence-electron chi connectivity index (χ1n) is 4.84. The monoisotopic (exact) mass is 321 g/mol. The van der Waals surface area contributed by atoms with Crippen molar-refractivity contribution in [3.8, 4) is 0 Å². The van der Waals surface area contributed by atoms with E-state index in [0.29, 0.717) is 0 Å². The smallest absolute Gasteiger partial charge is 0.265 e. The lowest BCUT2D eigenvalue weighted by molar-refractivity contribution is 0.597. The molecule has 1 N–H and O–H groups in total. The lowest BCUT2D eigenvalue weighted by Gasteiger charge is -2.08. The first-order valence-corrected chi connectivity index (χ1v) is 7.08. The topological polar surface area (TPSA) is 72.0 Å². The molecule has 1 heterocycles. The highest BCUT2D eigenvalue weighted by atomic mass is 35.5. The maximum absolute atomic E-state index is 13.4. The Kier molecular flexibility index (Phi) is 3.88. The molecule has 19 heavy (non-hydrogen) atoms. The highest BCUT2D eigenvalue weighted by Gasteiger charge is 2.17. The van der Waals surface area contributed by atoms with Crippen LogP contribution in [0, 0.1) is 5.82 Å². The standard InChI is InChI=1S/C10H6Cl2FN3O2S/c11-6-1-2-8(13)9(3-6)16-19(17,18)7-4-14-10(12)15-5-7/h1-5,16H. The second-order valence-electron chi connectivity index (χ2n) is 3.42. The van der Waals surface area contributed by atoms with Crippen molar-refractivity contribution in [2.75, 3.05) is 4.72 Å². The molecular weight excluding hydrogens is 316 g/mol. The van der Waals surface area contributed by atoms with Crippen molar-refractivity contribution in [1.82, 2.24) is 9.97 Å². The van der Waals surface area contributed by atoms with Crippen LogP contribution in [-0.4, -0.2) is 18.4 Å². The van der Waals surface area contributed by atoms with E-state index in [1.54, 1.807) is 0 Å². The van der Waals surface area contributed by atoms with E-state index in [-0.39, 0.29) is 20.9 Å². The van der Waals surface area contributed by atoms with Gasteiger partial charge in [0.15, 0.2) is 0 Å². The second kappa shape index (κ2) is 5.28. The Morgan fingerprint density at radius 1 is 1.16 bits per heavy atom. The van der Waals surface area contributed by atoms with Crippen LogP contribution in [0.1, 0.15) is 0 Å². The number of nitrogens with one attached hydrogen (secondary N) is 1. The van der Waals surface area contributed by atoms with Gasteiger partial charge in [0.2, 0.25) is 5.28 Å². The Morgan fingerprint density at radius 3 is 2.42 bits per heavy atom. The summed E-state index contributed by atoms with van der Waals surface area (Å²) in [6.45, 7) is 0. The van der Waals surface area contributed by atoms with Gasteiger partial charge in [-0.1, -0.05) is 11.6 Å². The summed E-state index contributed by atoms with van der Waals surface area (Å²) in [7, 11) is -4.00. The molecule has 0 saturated carbocycles. The van der Waals surface area contributed by atoms with Crippen LogP contribution in [0.25, 0.3) is 0 Å². The molecule has 0 spiro atoms. The van der Waals surface area contributed by atoms with Crippen molar-refractivity contribution in [2.45, 2.75) is 4.90 Å². The quantitative estimate of drug-likeness (QED) is 0.882. The number of nitrogens with zero attached hydrogens (tertiary/aromatic N) is 2. The molecule has 0 unspecified atom stereocenters. The highest BCUT2D eigenvalue weighted by molar-refractivity contribution is 7.92. The van der Waals surface area contributed by atoms with Crippen molar-refractivity contribution in [1.29, 1.82) is 0 Å². The van der Waals surface area contributed by atoms with Gasteiger partial charge in [-0.25, -0.2) is 22.8 Å². The fraction of sp³-hybridized carbons (Fsp3) is 0. The average Bonchev–Trinajstić information content (AvgIpc) is 2.34. The Balaban J connectivity index is 2.36. The molecule has 0 aliphatic carbocycles. The summed E-state index contributed by atoms with van der Waals surface area (Å²) >= 11 is 11.1. The fourth-order valence-corrected chi connectivity index (χ4v) is 2.44. The number of anilines is 1. The van der Waals surface area contributed by atoms with Gasteiger partial charge >= 0.3 is 0 Å². The van der Waals surface area contributed by atoms with Crippen molar-refractivity contribution in [2.24, 2.45) is 0 Å². The van der Waals surface area contributed by atoms with E-state index < -0.39 is 15.8 Å². The second-order valence-corrected chi connectivity index (χ2v) is 5.87. The van der Waals surface area contributed by atoms with Crippen molar-refractivity contribution in [3.05, 3.63) is 46.7 Å². The molecule has 0 aliphatic rings. The van der Waals surface area contributed by atoms with Crippen molar-refractivity contribution >= 4 is 38.9 Å². The molecular formula is C10H6Cl2FN3O2S. The summed E-state index contributed by atoms with van der Waals surface area (Å²) in [5, 5.41) is 0.111. The molecule has 0 atom stereocenters. The predicted octanol–water partition coefficient (Wildman–Crippen LogP) is 2.72. The van der Waals surface area contributed by atoms with Gasteiger partial charge < -0.3 is 0 Å². The van der Waals surface area contributed by atoms with Gasteiger partial charge in [0.25, 0.3) is 10.0 Å². The first kappa shape index (κ1) is 14.0. The van der Waals surface area contributed by atoms with Crippen LogP contribution in [0.2, 0.25) is 10.3 Å². The maximum atomic E-state index is 13.4. The molecule has 9 heteroatoms. The third kappa shape index (κ3) is 3.31. The molecule has 0 saturated heterocycles. The molecule has 5 nitrogen and oxygen atoms in total. The van der Waals surface area contributed by atoms with Crippen LogP contribution in [0.15, 0.2) is 35.5 Å². The molecule has 0 amide bonds. The van der Waals surface area contributed by atoms with Crippen LogP contribution in [-0.2, 0) is 10.0 Å². The van der Waals surface area contributed by atoms with Gasteiger partial charge in [-0.05, 0) is 29.8 Å². The van der Waals surface area contributed by atoms with E-state index in [1.165, 1.54) is 6.07 Å². The lowest BCUT2D eigenvalue weighted by atomic mass is 10.3. The summed E-state index contributed by atoms with van der Waals surface area (Å²) in [5.41, 5.74) is -0.262. The van der Waals surface area contributed by atoms with Gasteiger partial charge in [-0.3, -0.25) is 4.72 Å². The zero-order valence-electron chi connectivity index (χ0n) is 9.14. The molecule has 100 valence electrons. The van der Waals surface area contributed by atoms with Crippen molar-refractivity contribution < 1.29 is 12.8 Å². The van der Waals surface area contributed by atoms with Crippen molar-refractivity contribution in [3.63, 3.8) is 0 Å². The fourth-order valence-electron chi connectivity index (χ4n) is 1.22. The van der Waals surface area contributed by atoms with Gasteiger partial charge in [0, 0.05) is 5.02 Å². The molecule has 0 radical (unpaired) electrons. The zero-order valence-corrected chi connectivity index (χ0v) is 11.5. The first-order chi connectivity index (χ1) is 8.88. The summed E-state index contributed by atoms with van der Waals surface area (Å²) < 4.78 is 39.4. The van der Waals surface area contributed by atoms with Crippen LogP contribution in [0.3, 0.4) is 0 Å². The maximum Gasteiger partial charge on any atom is 0.265 e. The SMILES string of the molecule is O=S(=O)(Nc1cc(Cl)ccc1F)c1cnc(Cl)nc1. The average molecular weight is 322 g/mol. The van der Waals surface area contributed by atoms with E-state index in [9.17, 15) is 12.8 Å². The van der Waals surface area contributed by atoms with Crippen LogP contribution < -0.4 is 4.72 Å². The van der Waals surface area contributed by atoms with Crippen LogP contribution in [0.4, 0.5) is 10.1 Å². The molecule has 0 aliphatic heterocycles. The summed E-state index contributed by atoms with van der Waals surface area (Å²) in [6, 6.07) is 3.52. The van der Waals surface area contributed by atoms with Gasteiger partial charge in [-0.15, -0.1) is 0 Å². The third-order valence-electron chi connectivity index (χ3n) is 2.08. The Hall–Kier alpha value is -1.44. The number of sulfonamides is 1. The minimum atomic E-state index is -4.00. The highest BCUT2D eigenvalue weighted by Crippen LogP contribution is 2.22. The molecule has 1 aromatic heterocycles. The Bertz CT molecular complexity index is 707. The van der Waals surface area contributed by atoms with Crippen LogP contribution >= 0.6 is 23.2 Å². The minimum Gasteiger partial charge on any atom is -0.277 e. The molecule has 0 fully saturated rings. The number of rotatable bonds is 3. The predicted molar refractivity (Wildman–Crippen MR) is 69.3 cm³/mol.